The Morgan fingerprint density at radius 2 is 2.35 bits per heavy atom. The minimum Gasteiger partial charge on any atom is -0.496 e. The monoisotopic (exact) mass is 339 g/mol. The summed E-state index contributed by atoms with van der Waals surface area (Å²) in [4.78, 5) is 4.40. The van der Waals surface area contributed by atoms with Crippen LogP contribution in [-0.2, 0) is 4.74 Å². The minimum absolute atomic E-state index is 0.150. The fourth-order valence-electron chi connectivity index (χ4n) is 2.01. The third-order valence-electron chi connectivity index (χ3n) is 3.06. The Balaban J connectivity index is 1.84. The summed E-state index contributed by atoms with van der Waals surface area (Å²) in [5, 5.41) is 7.23. The molecule has 0 saturated carbocycles. The molecular formula is C13H14BrN3O3. The fraction of sp³-hybridized carbons (Fsp3) is 0.385. The summed E-state index contributed by atoms with van der Waals surface area (Å²) in [6.07, 6.45) is -0.150. The van der Waals surface area contributed by atoms with E-state index in [1.165, 1.54) is 0 Å². The van der Waals surface area contributed by atoms with Crippen molar-refractivity contribution in [2.75, 3.05) is 26.8 Å². The Kier molecular flexibility index (Phi) is 4.00. The third kappa shape index (κ3) is 2.70. The maximum Gasteiger partial charge on any atom is 0.258 e. The van der Waals surface area contributed by atoms with Crippen LogP contribution < -0.4 is 10.1 Å². The molecule has 2 heterocycles. The van der Waals surface area contributed by atoms with E-state index in [2.05, 4.69) is 31.4 Å². The van der Waals surface area contributed by atoms with Crippen molar-refractivity contribution in [2.24, 2.45) is 0 Å². The van der Waals surface area contributed by atoms with Gasteiger partial charge in [-0.3, -0.25) is 0 Å². The van der Waals surface area contributed by atoms with Gasteiger partial charge in [0.2, 0.25) is 5.82 Å². The molecule has 6 nitrogen and oxygen atoms in total. The lowest BCUT2D eigenvalue weighted by molar-refractivity contribution is 0.0208. The summed E-state index contributed by atoms with van der Waals surface area (Å²) < 4.78 is 16.9. The maximum atomic E-state index is 5.60. The lowest BCUT2D eigenvalue weighted by atomic mass is 10.2. The van der Waals surface area contributed by atoms with Crippen LogP contribution in [0.15, 0.2) is 27.2 Å². The molecule has 0 radical (unpaired) electrons. The molecule has 2 aromatic rings. The number of rotatable bonds is 3. The number of nitrogens with zero attached hydrogens (tertiary/aromatic N) is 2. The predicted molar refractivity (Wildman–Crippen MR) is 75.5 cm³/mol. The largest absolute Gasteiger partial charge is 0.496 e. The summed E-state index contributed by atoms with van der Waals surface area (Å²) in [7, 11) is 1.62. The molecule has 1 fully saturated rings. The van der Waals surface area contributed by atoms with Gasteiger partial charge in [0.1, 0.15) is 11.9 Å². The number of hydrogen-bond donors (Lipinski definition) is 1. The molecule has 0 aliphatic carbocycles. The highest BCUT2D eigenvalue weighted by Gasteiger charge is 2.22. The molecule has 1 aliphatic rings. The van der Waals surface area contributed by atoms with Crippen LogP contribution in [-0.4, -0.2) is 36.9 Å². The van der Waals surface area contributed by atoms with E-state index in [0.29, 0.717) is 24.9 Å². The van der Waals surface area contributed by atoms with Crippen molar-refractivity contribution in [3.05, 3.63) is 28.5 Å². The lowest BCUT2D eigenvalue weighted by Gasteiger charge is -2.20. The highest BCUT2D eigenvalue weighted by atomic mass is 79.9. The van der Waals surface area contributed by atoms with Crippen LogP contribution in [0.4, 0.5) is 0 Å². The van der Waals surface area contributed by atoms with E-state index < -0.39 is 0 Å². The normalized spacial score (nSPS) is 19.0. The van der Waals surface area contributed by atoms with Crippen LogP contribution in [0.3, 0.4) is 0 Å². The molecule has 1 saturated heterocycles. The number of morpholine rings is 1. The quantitative estimate of drug-likeness (QED) is 0.924. The van der Waals surface area contributed by atoms with Crippen molar-refractivity contribution < 1.29 is 14.0 Å². The molecule has 0 amide bonds. The maximum absolute atomic E-state index is 5.60. The fourth-order valence-corrected chi connectivity index (χ4v) is 2.55. The van der Waals surface area contributed by atoms with Crippen molar-refractivity contribution in [1.29, 1.82) is 0 Å². The highest BCUT2D eigenvalue weighted by molar-refractivity contribution is 9.10. The standard InChI is InChI=1S/C13H14BrN3O3/c1-18-10-3-2-8(6-9(10)14)13-16-12(17-20-13)11-7-15-4-5-19-11/h2-3,6,11,15H,4-5,7H2,1H3. The number of aromatic nitrogens is 2. The van der Waals surface area contributed by atoms with Gasteiger partial charge < -0.3 is 19.3 Å². The molecule has 20 heavy (non-hydrogen) atoms. The van der Waals surface area contributed by atoms with Crippen molar-refractivity contribution in [3.8, 4) is 17.2 Å². The Bertz CT molecular complexity index is 596. The summed E-state index contributed by atoms with van der Waals surface area (Å²) in [6, 6.07) is 5.61. The predicted octanol–water partition coefficient (Wildman–Crippen LogP) is 2.17. The molecule has 1 N–H and O–H groups in total. The lowest BCUT2D eigenvalue weighted by Crippen LogP contribution is -2.33. The molecule has 1 aliphatic heterocycles. The second kappa shape index (κ2) is 5.90. The highest BCUT2D eigenvalue weighted by Crippen LogP contribution is 2.30. The number of hydrogen-bond acceptors (Lipinski definition) is 6. The first-order valence-electron chi connectivity index (χ1n) is 6.28. The minimum atomic E-state index is -0.150. The van der Waals surface area contributed by atoms with Gasteiger partial charge in [-0.05, 0) is 34.1 Å². The molecule has 0 bridgehead atoms. The smallest absolute Gasteiger partial charge is 0.258 e. The van der Waals surface area contributed by atoms with E-state index in [1.807, 2.05) is 18.2 Å². The first kappa shape index (κ1) is 13.5. The molecule has 1 unspecified atom stereocenters. The van der Waals surface area contributed by atoms with Gasteiger partial charge in [-0.2, -0.15) is 4.98 Å². The van der Waals surface area contributed by atoms with E-state index in [4.69, 9.17) is 14.0 Å². The zero-order valence-electron chi connectivity index (χ0n) is 10.9. The van der Waals surface area contributed by atoms with Crippen LogP contribution in [0, 0.1) is 0 Å². The van der Waals surface area contributed by atoms with Crippen molar-refractivity contribution in [1.82, 2.24) is 15.5 Å². The second-order valence-electron chi connectivity index (χ2n) is 4.37. The number of nitrogens with one attached hydrogen (secondary N) is 1. The van der Waals surface area contributed by atoms with Crippen LogP contribution in [0.25, 0.3) is 11.5 Å². The first-order valence-corrected chi connectivity index (χ1v) is 7.07. The van der Waals surface area contributed by atoms with Crippen LogP contribution in [0.5, 0.6) is 5.75 Å². The van der Waals surface area contributed by atoms with Gasteiger partial charge in [-0.1, -0.05) is 5.16 Å². The van der Waals surface area contributed by atoms with Crippen molar-refractivity contribution in [3.63, 3.8) is 0 Å². The van der Waals surface area contributed by atoms with Crippen LogP contribution >= 0.6 is 15.9 Å². The van der Waals surface area contributed by atoms with Gasteiger partial charge in [0.05, 0.1) is 18.2 Å². The van der Waals surface area contributed by atoms with Gasteiger partial charge in [0, 0.05) is 18.7 Å². The molecule has 1 aromatic heterocycles. The van der Waals surface area contributed by atoms with Gasteiger partial charge in [0.25, 0.3) is 5.89 Å². The van der Waals surface area contributed by atoms with Gasteiger partial charge in [-0.25, -0.2) is 0 Å². The summed E-state index contributed by atoms with van der Waals surface area (Å²) in [5.41, 5.74) is 0.834. The third-order valence-corrected chi connectivity index (χ3v) is 3.68. The molecule has 1 aromatic carbocycles. The summed E-state index contributed by atoms with van der Waals surface area (Å²) >= 11 is 3.44. The van der Waals surface area contributed by atoms with E-state index in [-0.39, 0.29) is 6.10 Å². The van der Waals surface area contributed by atoms with Gasteiger partial charge in [-0.15, -0.1) is 0 Å². The molecule has 7 heteroatoms. The average molecular weight is 340 g/mol. The number of methoxy groups -OCH3 is 1. The zero-order chi connectivity index (χ0) is 13.9. The number of halogens is 1. The van der Waals surface area contributed by atoms with Crippen LogP contribution in [0.2, 0.25) is 0 Å². The second-order valence-corrected chi connectivity index (χ2v) is 5.22. The van der Waals surface area contributed by atoms with Crippen molar-refractivity contribution in [2.45, 2.75) is 6.10 Å². The Hall–Kier alpha value is -1.44. The van der Waals surface area contributed by atoms with Gasteiger partial charge >= 0.3 is 0 Å². The zero-order valence-corrected chi connectivity index (χ0v) is 12.5. The molecule has 3 rings (SSSR count). The van der Waals surface area contributed by atoms with E-state index in [1.54, 1.807) is 7.11 Å². The Morgan fingerprint density at radius 3 is 3.05 bits per heavy atom. The number of ether oxygens (including phenoxy) is 2. The summed E-state index contributed by atoms with van der Waals surface area (Å²) in [5.74, 6) is 1.80. The van der Waals surface area contributed by atoms with E-state index in [9.17, 15) is 0 Å². The Morgan fingerprint density at radius 1 is 1.45 bits per heavy atom. The van der Waals surface area contributed by atoms with E-state index >= 15 is 0 Å². The Labute approximate surface area is 124 Å². The average Bonchev–Trinajstić information content (AvgIpc) is 2.98. The van der Waals surface area contributed by atoms with E-state index in [0.717, 1.165) is 22.3 Å². The first-order chi connectivity index (χ1) is 9.78. The molecular weight excluding hydrogens is 326 g/mol. The number of benzene rings is 1. The molecule has 0 spiro atoms. The van der Waals surface area contributed by atoms with Crippen LogP contribution in [0.1, 0.15) is 11.9 Å². The SMILES string of the molecule is COc1ccc(-c2nc(C3CNCCO3)no2)cc1Br. The summed E-state index contributed by atoms with van der Waals surface area (Å²) in [6.45, 7) is 2.21. The topological polar surface area (TPSA) is 69.4 Å². The van der Waals surface area contributed by atoms with Gasteiger partial charge in [0.15, 0.2) is 0 Å². The van der Waals surface area contributed by atoms with Crippen molar-refractivity contribution >= 4 is 15.9 Å². The molecule has 1 atom stereocenters. The molecule has 106 valence electrons.